The molecule has 1 fully saturated rings. The molecule has 0 aromatic heterocycles. The molecule has 80 valence electrons. The summed E-state index contributed by atoms with van der Waals surface area (Å²) in [4.78, 5) is 14.3. The Balaban J connectivity index is 2.04. The average Bonchev–Trinajstić information content (AvgIpc) is 2.29. The number of hydrogen-bond acceptors (Lipinski definition) is 2. The Bertz CT molecular complexity index is 348. The molecule has 1 heterocycles. The van der Waals surface area contributed by atoms with Gasteiger partial charge in [0.1, 0.15) is 5.82 Å². The topological polar surface area (TPSA) is 23.6 Å². The molecule has 1 aliphatic heterocycles. The molecule has 1 saturated heterocycles. The zero-order valence-corrected chi connectivity index (χ0v) is 8.40. The van der Waals surface area contributed by atoms with E-state index >= 15 is 0 Å². The lowest BCUT2D eigenvalue weighted by atomic mass is 10.2. The van der Waals surface area contributed by atoms with Crippen LogP contribution in [0.3, 0.4) is 0 Å². The molecule has 0 aliphatic carbocycles. The van der Waals surface area contributed by atoms with E-state index in [-0.39, 0.29) is 5.82 Å². The summed E-state index contributed by atoms with van der Waals surface area (Å²) in [5.41, 5.74) is 0.889. The van der Waals surface area contributed by atoms with Crippen LogP contribution in [-0.4, -0.2) is 37.5 Å². The molecule has 0 radical (unpaired) electrons. The summed E-state index contributed by atoms with van der Waals surface area (Å²) >= 11 is 0. The van der Waals surface area contributed by atoms with Crippen LogP contribution in [-0.2, 0) is 4.79 Å². The minimum Gasteiger partial charge on any atom is -0.368 e. The van der Waals surface area contributed by atoms with Crippen molar-refractivity contribution in [2.24, 2.45) is 0 Å². The van der Waals surface area contributed by atoms with Gasteiger partial charge in [0.15, 0.2) is 0 Å². The Morgan fingerprint density at radius 3 is 2.53 bits per heavy atom. The molecule has 1 amide bonds. The van der Waals surface area contributed by atoms with Gasteiger partial charge in [0.05, 0.1) is 0 Å². The van der Waals surface area contributed by atoms with Crippen LogP contribution in [0.4, 0.5) is 10.1 Å². The molecule has 3 nitrogen and oxygen atoms in total. The van der Waals surface area contributed by atoms with E-state index in [4.69, 9.17) is 0 Å². The maximum Gasteiger partial charge on any atom is 0.209 e. The van der Waals surface area contributed by atoms with Gasteiger partial charge in [-0.1, -0.05) is 6.07 Å². The van der Waals surface area contributed by atoms with Gasteiger partial charge >= 0.3 is 0 Å². The summed E-state index contributed by atoms with van der Waals surface area (Å²) in [6.45, 7) is 2.95. The zero-order valence-electron chi connectivity index (χ0n) is 8.40. The third-order valence-electron chi connectivity index (χ3n) is 2.64. The number of rotatable bonds is 2. The van der Waals surface area contributed by atoms with E-state index in [2.05, 4.69) is 4.90 Å². The van der Waals surface area contributed by atoms with E-state index in [0.717, 1.165) is 25.2 Å². The quantitative estimate of drug-likeness (QED) is 0.679. The van der Waals surface area contributed by atoms with Gasteiger partial charge in [-0.3, -0.25) is 4.79 Å². The first-order valence-electron chi connectivity index (χ1n) is 4.99. The Labute approximate surface area is 88.1 Å². The van der Waals surface area contributed by atoms with Crippen molar-refractivity contribution in [1.29, 1.82) is 0 Å². The Morgan fingerprint density at radius 1 is 1.20 bits per heavy atom. The fraction of sp³-hybridized carbons (Fsp3) is 0.364. The van der Waals surface area contributed by atoms with Crippen LogP contribution in [0.25, 0.3) is 0 Å². The average molecular weight is 208 g/mol. The molecule has 0 bridgehead atoms. The summed E-state index contributed by atoms with van der Waals surface area (Å²) in [6.07, 6.45) is 0.864. The van der Waals surface area contributed by atoms with Crippen molar-refractivity contribution in [1.82, 2.24) is 4.90 Å². The van der Waals surface area contributed by atoms with Crippen molar-refractivity contribution < 1.29 is 9.18 Å². The number of halogens is 1. The van der Waals surface area contributed by atoms with Gasteiger partial charge in [0.25, 0.3) is 0 Å². The summed E-state index contributed by atoms with van der Waals surface area (Å²) < 4.78 is 13.0. The van der Waals surface area contributed by atoms with Gasteiger partial charge in [-0.25, -0.2) is 4.39 Å². The number of anilines is 1. The first-order chi connectivity index (χ1) is 7.29. The van der Waals surface area contributed by atoms with Gasteiger partial charge in [0, 0.05) is 31.9 Å². The molecule has 1 aliphatic rings. The van der Waals surface area contributed by atoms with Crippen LogP contribution in [0, 0.1) is 5.82 Å². The van der Waals surface area contributed by atoms with E-state index < -0.39 is 0 Å². The molecule has 0 N–H and O–H groups in total. The summed E-state index contributed by atoms with van der Waals surface area (Å²) in [5, 5.41) is 0. The SMILES string of the molecule is O=CN1CCN(c2cccc(F)c2)CC1. The van der Waals surface area contributed by atoms with Crippen molar-refractivity contribution in [3.05, 3.63) is 30.1 Å². The molecule has 1 aromatic carbocycles. The normalized spacial score (nSPS) is 16.6. The summed E-state index contributed by atoms with van der Waals surface area (Å²) in [7, 11) is 0. The lowest BCUT2D eigenvalue weighted by molar-refractivity contribution is -0.118. The van der Waals surface area contributed by atoms with E-state index in [1.807, 2.05) is 6.07 Å². The lowest BCUT2D eigenvalue weighted by Crippen LogP contribution is -2.45. The minimum atomic E-state index is -0.217. The predicted molar refractivity (Wildman–Crippen MR) is 56.3 cm³/mol. The number of carbonyl (C=O) groups excluding carboxylic acids is 1. The van der Waals surface area contributed by atoms with Crippen LogP contribution in [0.1, 0.15) is 0 Å². The molecule has 4 heteroatoms. The van der Waals surface area contributed by atoms with Crippen molar-refractivity contribution in [2.45, 2.75) is 0 Å². The number of amides is 1. The first-order valence-corrected chi connectivity index (χ1v) is 4.99. The zero-order chi connectivity index (χ0) is 10.7. The van der Waals surface area contributed by atoms with Crippen LogP contribution >= 0.6 is 0 Å². The van der Waals surface area contributed by atoms with E-state index in [1.165, 1.54) is 12.1 Å². The Morgan fingerprint density at radius 2 is 1.93 bits per heavy atom. The van der Waals surface area contributed by atoms with Crippen LogP contribution in [0.5, 0.6) is 0 Å². The standard InChI is InChI=1S/C11H13FN2O/c12-10-2-1-3-11(8-10)14-6-4-13(9-15)5-7-14/h1-3,8-9H,4-7H2. The maximum absolute atomic E-state index is 13.0. The van der Waals surface area contributed by atoms with Crippen molar-refractivity contribution >= 4 is 12.1 Å². The smallest absolute Gasteiger partial charge is 0.209 e. The molecule has 1 aromatic rings. The number of hydrogen-bond donors (Lipinski definition) is 0. The molecular weight excluding hydrogens is 195 g/mol. The van der Waals surface area contributed by atoms with Gasteiger partial charge in [-0.2, -0.15) is 0 Å². The molecule has 0 spiro atoms. The molecule has 0 unspecified atom stereocenters. The third kappa shape index (κ3) is 2.26. The maximum atomic E-state index is 13.0. The Hall–Kier alpha value is -1.58. The molecule has 0 atom stereocenters. The van der Waals surface area contributed by atoms with Gasteiger partial charge in [-0.15, -0.1) is 0 Å². The molecular formula is C11H13FN2O. The lowest BCUT2D eigenvalue weighted by Gasteiger charge is -2.34. The number of carbonyl (C=O) groups is 1. The second kappa shape index (κ2) is 4.29. The van der Waals surface area contributed by atoms with E-state index in [0.29, 0.717) is 13.1 Å². The summed E-state index contributed by atoms with van der Waals surface area (Å²) in [5.74, 6) is -0.217. The van der Waals surface area contributed by atoms with Crippen LogP contribution in [0.15, 0.2) is 24.3 Å². The van der Waals surface area contributed by atoms with E-state index in [1.54, 1.807) is 11.0 Å². The highest BCUT2D eigenvalue weighted by Crippen LogP contribution is 2.16. The predicted octanol–water partition coefficient (Wildman–Crippen LogP) is 1.10. The summed E-state index contributed by atoms with van der Waals surface area (Å²) in [6, 6.07) is 6.55. The van der Waals surface area contributed by atoms with Gasteiger partial charge in [-0.05, 0) is 18.2 Å². The fourth-order valence-electron chi connectivity index (χ4n) is 1.76. The van der Waals surface area contributed by atoms with Crippen molar-refractivity contribution in [2.75, 3.05) is 31.1 Å². The van der Waals surface area contributed by atoms with Crippen molar-refractivity contribution in [3.8, 4) is 0 Å². The number of nitrogens with zero attached hydrogens (tertiary/aromatic N) is 2. The number of benzene rings is 1. The highest BCUT2D eigenvalue weighted by atomic mass is 19.1. The number of piperazine rings is 1. The third-order valence-corrected chi connectivity index (χ3v) is 2.64. The van der Waals surface area contributed by atoms with Crippen LogP contribution in [0.2, 0.25) is 0 Å². The van der Waals surface area contributed by atoms with E-state index in [9.17, 15) is 9.18 Å². The monoisotopic (exact) mass is 208 g/mol. The van der Waals surface area contributed by atoms with Crippen molar-refractivity contribution in [3.63, 3.8) is 0 Å². The highest BCUT2D eigenvalue weighted by molar-refractivity contribution is 5.51. The molecule has 2 rings (SSSR count). The van der Waals surface area contributed by atoms with Gasteiger partial charge in [0.2, 0.25) is 6.41 Å². The first kappa shape index (κ1) is 9.96. The van der Waals surface area contributed by atoms with Gasteiger partial charge < -0.3 is 9.80 Å². The minimum absolute atomic E-state index is 0.217. The van der Waals surface area contributed by atoms with Crippen LogP contribution < -0.4 is 4.90 Å². The largest absolute Gasteiger partial charge is 0.368 e. The highest BCUT2D eigenvalue weighted by Gasteiger charge is 2.15. The second-order valence-electron chi connectivity index (χ2n) is 3.61. The molecule has 15 heavy (non-hydrogen) atoms. The second-order valence-corrected chi connectivity index (χ2v) is 3.61. The molecule has 0 saturated carbocycles. The fourth-order valence-corrected chi connectivity index (χ4v) is 1.76. The Kier molecular flexibility index (Phi) is 2.85.